The van der Waals surface area contributed by atoms with Crippen LogP contribution in [0.25, 0.3) is 11.6 Å². The van der Waals surface area contributed by atoms with Gasteiger partial charge in [-0.25, -0.2) is 4.79 Å². The third kappa shape index (κ3) is 3.31. The molecule has 0 bridgehead atoms. The highest BCUT2D eigenvalue weighted by molar-refractivity contribution is 6.32. The Bertz CT molecular complexity index is 813. The van der Waals surface area contributed by atoms with E-state index < -0.39 is 5.97 Å². The second kappa shape index (κ2) is 6.84. The average molecular weight is 347 g/mol. The maximum atomic E-state index is 11.7. The summed E-state index contributed by atoms with van der Waals surface area (Å²) in [5.41, 5.74) is 1.32. The summed E-state index contributed by atoms with van der Waals surface area (Å²) in [5, 5.41) is 9.98. The summed E-state index contributed by atoms with van der Waals surface area (Å²) >= 11 is 6.16. The van der Waals surface area contributed by atoms with Gasteiger partial charge in [0.05, 0.1) is 17.2 Å². The Labute approximate surface area is 144 Å². The number of rotatable bonds is 5. The van der Waals surface area contributed by atoms with E-state index in [1.807, 2.05) is 6.92 Å². The van der Waals surface area contributed by atoms with E-state index in [1.54, 1.807) is 42.5 Å². The van der Waals surface area contributed by atoms with Gasteiger partial charge in [-0.2, -0.15) is 0 Å². The predicted octanol–water partition coefficient (Wildman–Crippen LogP) is 4.09. The van der Waals surface area contributed by atoms with Gasteiger partial charge in [0.25, 0.3) is 0 Å². The van der Waals surface area contributed by atoms with Gasteiger partial charge in [-0.15, -0.1) is 0 Å². The minimum Gasteiger partial charge on any atom is -0.492 e. The molecule has 5 nitrogen and oxygen atoms in total. The van der Waals surface area contributed by atoms with Crippen LogP contribution in [0.2, 0.25) is 5.02 Å². The third-order valence-electron chi connectivity index (χ3n) is 3.48. The van der Waals surface area contributed by atoms with Crippen molar-refractivity contribution >= 4 is 29.2 Å². The highest BCUT2D eigenvalue weighted by atomic mass is 35.5. The molecule has 0 spiro atoms. The Balaban J connectivity index is 1.98. The molecule has 0 unspecified atom stereocenters. The molecule has 0 saturated carbocycles. The summed E-state index contributed by atoms with van der Waals surface area (Å²) in [4.78, 5) is 11.7. The van der Waals surface area contributed by atoms with Gasteiger partial charge in [-0.1, -0.05) is 23.7 Å². The molecular formula is C18H15ClO5. The maximum absolute atomic E-state index is 11.7. The summed E-state index contributed by atoms with van der Waals surface area (Å²) in [5.74, 6) is 0.659. The van der Waals surface area contributed by atoms with Gasteiger partial charge >= 0.3 is 5.97 Å². The number of benzene rings is 2. The van der Waals surface area contributed by atoms with Crippen molar-refractivity contribution in [2.24, 2.45) is 0 Å². The lowest BCUT2D eigenvalue weighted by molar-refractivity contribution is -0.130. The molecule has 0 radical (unpaired) electrons. The molecule has 1 aliphatic rings. The molecule has 3 rings (SSSR count). The molecular weight excluding hydrogens is 332 g/mol. The third-order valence-corrected chi connectivity index (χ3v) is 3.78. The van der Waals surface area contributed by atoms with E-state index in [9.17, 15) is 9.90 Å². The molecule has 6 heteroatoms. The zero-order valence-electron chi connectivity index (χ0n) is 12.9. The van der Waals surface area contributed by atoms with Crippen LogP contribution < -0.4 is 14.2 Å². The van der Waals surface area contributed by atoms with Gasteiger partial charge in [0, 0.05) is 0 Å². The minimum absolute atomic E-state index is 0.133. The van der Waals surface area contributed by atoms with E-state index in [0.717, 1.165) is 0 Å². The van der Waals surface area contributed by atoms with Gasteiger partial charge in [0.15, 0.2) is 11.5 Å². The van der Waals surface area contributed by atoms with Crippen molar-refractivity contribution in [1.29, 1.82) is 0 Å². The summed E-state index contributed by atoms with van der Waals surface area (Å²) < 4.78 is 15.9. The predicted molar refractivity (Wildman–Crippen MR) is 90.7 cm³/mol. The number of carbonyl (C=O) groups is 1. The van der Waals surface area contributed by atoms with Crippen LogP contribution >= 0.6 is 11.6 Å². The van der Waals surface area contributed by atoms with E-state index in [1.165, 1.54) is 0 Å². The lowest BCUT2D eigenvalue weighted by Gasteiger charge is -2.08. The van der Waals surface area contributed by atoms with Crippen molar-refractivity contribution in [1.82, 2.24) is 0 Å². The first-order chi connectivity index (χ1) is 11.6. The van der Waals surface area contributed by atoms with Crippen LogP contribution in [0.5, 0.6) is 17.2 Å². The molecule has 0 atom stereocenters. The molecule has 2 aromatic carbocycles. The second-order valence-corrected chi connectivity index (χ2v) is 5.46. The van der Waals surface area contributed by atoms with E-state index in [2.05, 4.69) is 0 Å². The van der Waals surface area contributed by atoms with E-state index in [0.29, 0.717) is 40.0 Å². The van der Waals surface area contributed by atoms with E-state index in [-0.39, 0.29) is 12.4 Å². The van der Waals surface area contributed by atoms with Gasteiger partial charge in [0.1, 0.15) is 5.75 Å². The summed E-state index contributed by atoms with van der Waals surface area (Å²) in [6.07, 6.45) is 1.56. The number of carboxylic acid groups (broad SMARTS) is 1. The number of aliphatic carboxylic acids is 1. The van der Waals surface area contributed by atoms with Crippen molar-refractivity contribution < 1.29 is 24.1 Å². The quantitative estimate of drug-likeness (QED) is 0.652. The Morgan fingerprint density at radius 3 is 2.75 bits per heavy atom. The highest BCUT2D eigenvalue weighted by Gasteiger charge is 2.18. The zero-order valence-corrected chi connectivity index (χ0v) is 13.7. The molecule has 124 valence electrons. The summed E-state index contributed by atoms with van der Waals surface area (Å²) in [7, 11) is 0. The topological polar surface area (TPSA) is 65.0 Å². The standard InChI is InChI=1S/C18H15ClO5/c1-2-22-15-5-3-11(8-14(15)19)7-13(18(20)21)12-4-6-16-17(9-12)24-10-23-16/h3-9H,2,10H2,1H3,(H,20,21)/b13-7-. The van der Waals surface area contributed by atoms with Crippen molar-refractivity contribution in [3.8, 4) is 17.2 Å². The first-order valence-corrected chi connectivity index (χ1v) is 7.73. The number of fused-ring (bicyclic) bond motifs is 1. The van der Waals surface area contributed by atoms with Gasteiger partial charge < -0.3 is 19.3 Å². The molecule has 1 N–H and O–H groups in total. The Morgan fingerprint density at radius 1 is 1.25 bits per heavy atom. The van der Waals surface area contributed by atoms with Crippen LogP contribution in [0.15, 0.2) is 36.4 Å². The van der Waals surface area contributed by atoms with Crippen molar-refractivity contribution in [3.05, 3.63) is 52.5 Å². The van der Waals surface area contributed by atoms with Gasteiger partial charge in [-0.05, 0) is 48.4 Å². The largest absolute Gasteiger partial charge is 0.492 e. The highest BCUT2D eigenvalue weighted by Crippen LogP contribution is 2.35. The molecule has 0 aromatic heterocycles. The normalized spacial score (nSPS) is 13.0. The van der Waals surface area contributed by atoms with E-state index >= 15 is 0 Å². The Morgan fingerprint density at radius 2 is 2.04 bits per heavy atom. The van der Waals surface area contributed by atoms with Gasteiger partial charge in [0.2, 0.25) is 6.79 Å². The fraction of sp³-hybridized carbons (Fsp3) is 0.167. The Hall–Kier alpha value is -2.66. The second-order valence-electron chi connectivity index (χ2n) is 5.05. The minimum atomic E-state index is -1.04. The number of carboxylic acids is 1. The molecule has 0 aliphatic carbocycles. The first-order valence-electron chi connectivity index (χ1n) is 7.36. The lowest BCUT2D eigenvalue weighted by Crippen LogP contribution is -2.00. The molecule has 1 aliphatic heterocycles. The van der Waals surface area contributed by atoms with Crippen LogP contribution in [0, 0.1) is 0 Å². The zero-order chi connectivity index (χ0) is 17.1. The first kappa shape index (κ1) is 16.2. The Kier molecular flexibility index (Phi) is 4.62. The molecule has 2 aromatic rings. The smallest absolute Gasteiger partial charge is 0.336 e. The lowest BCUT2D eigenvalue weighted by atomic mass is 10.0. The number of halogens is 1. The fourth-order valence-electron chi connectivity index (χ4n) is 2.38. The molecule has 0 saturated heterocycles. The van der Waals surface area contributed by atoms with Gasteiger partial charge in [-0.3, -0.25) is 0 Å². The SMILES string of the molecule is CCOc1ccc(/C=C(\C(=O)O)c2ccc3c(c2)OCO3)cc1Cl. The van der Waals surface area contributed by atoms with Crippen molar-refractivity contribution in [3.63, 3.8) is 0 Å². The summed E-state index contributed by atoms with van der Waals surface area (Å²) in [6, 6.07) is 10.2. The van der Waals surface area contributed by atoms with Crippen molar-refractivity contribution in [2.75, 3.05) is 13.4 Å². The molecule has 0 amide bonds. The van der Waals surface area contributed by atoms with Crippen LogP contribution in [-0.2, 0) is 4.79 Å². The van der Waals surface area contributed by atoms with Crippen LogP contribution in [-0.4, -0.2) is 24.5 Å². The van der Waals surface area contributed by atoms with Crippen LogP contribution in [0.4, 0.5) is 0 Å². The van der Waals surface area contributed by atoms with Crippen LogP contribution in [0.1, 0.15) is 18.1 Å². The molecule has 1 heterocycles. The van der Waals surface area contributed by atoms with Crippen molar-refractivity contribution in [2.45, 2.75) is 6.92 Å². The average Bonchev–Trinajstić information content (AvgIpc) is 3.02. The van der Waals surface area contributed by atoms with E-state index in [4.69, 9.17) is 25.8 Å². The maximum Gasteiger partial charge on any atom is 0.336 e. The van der Waals surface area contributed by atoms with Crippen LogP contribution in [0.3, 0.4) is 0 Å². The summed E-state index contributed by atoms with van der Waals surface area (Å²) in [6.45, 7) is 2.51. The monoisotopic (exact) mass is 346 g/mol. The fourth-order valence-corrected chi connectivity index (χ4v) is 2.62. The molecule has 0 fully saturated rings. The molecule has 24 heavy (non-hydrogen) atoms. The number of hydrogen-bond donors (Lipinski definition) is 1. The number of hydrogen-bond acceptors (Lipinski definition) is 4. The number of ether oxygens (including phenoxy) is 3.